The zero-order valence-corrected chi connectivity index (χ0v) is 14.4. The Kier molecular flexibility index (Phi) is 4.99. The number of hydrogen-bond acceptors (Lipinski definition) is 4. The first-order valence-electron chi connectivity index (χ1n) is 8.51. The van der Waals surface area contributed by atoms with E-state index in [9.17, 15) is 9.59 Å². The lowest BCUT2D eigenvalue weighted by Crippen LogP contribution is -2.51. The van der Waals surface area contributed by atoms with Crippen molar-refractivity contribution in [1.82, 2.24) is 9.88 Å². The molecule has 2 N–H and O–H groups in total. The Balaban J connectivity index is 1.85. The fourth-order valence-corrected chi connectivity index (χ4v) is 3.54. The Morgan fingerprint density at radius 3 is 2.88 bits per heavy atom. The third-order valence-corrected chi connectivity index (χ3v) is 4.95. The van der Waals surface area contributed by atoms with Gasteiger partial charge < -0.3 is 15.4 Å². The zero-order valence-electron chi connectivity index (χ0n) is 14.4. The number of amides is 2. The van der Waals surface area contributed by atoms with Crippen LogP contribution in [0.15, 0.2) is 36.5 Å². The van der Waals surface area contributed by atoms with Gasteiger partial charge in [0.05, 0.1) is 16.7 Å². The van der Waals surface area contributed by atoms with Crippen LogP contribution in [0.3, 0.4) is 0 Å². The molecule has 0 aliphatic carbocycles. The summed E-state index contributed by atoms with van der Waals surface area (Å²) in [5.74, 6) is -0.400. The lowest BCUT2D eigenvalue weighted by molar-refractivity contribution is -0.120. The molecule has 1 saturated heterocycles. The summed E-state index contributed by atoms with van der Waals surface area (Å²) in [6.45, 7) is 1.13. The van der Waals surface area contributed by atoms with Crippen LogP contribution in [0, 0.1) is 0 Å². The summed E-state index contributed by atoms with van der Waals surface area (Å²) in [4.78, 5) is 30.4. The van der Waals surface area contributed by atoms with Gasteiger partial charge in [0.1, 0.15) is 0 Å². The van der Waals surface area contributed by atoms with Gasteiger partial charge in [-0.15, -0.1) is 0 Å². The highest BCUT2D eigenvalue weighted by molar-refractivity contribution is 6.05. The van der Waals surface area contributed by atoms with E-state index >= 15 is 0 Å². The minimum absolute atomic E-state index is 0.0514. The van der Waals surface area contributed by atoms with Crippen LogP contribution in [0.25, 0.3) is 10.9 Å². The minimum Gasteiger partial charge on any atom is -0.376 e. The zero-order chi connectivity index (χ0) is 17.9. The fourth-order valence-electron chi connectivity index (χ4n) is 3.54. The molecule has 3 rings (SSSR count). The molecule has 1 aromatic carbocycles. The summed E-state index contributed by atoms with van der Waals surface area (Å²) < 4.78 is 5.72. The van der Waals surface area contributed by atoms with Gasteiger partial charge in [-0.1, -0.05) is 18.2 Å². The number of nitrogens with zero attached hydrogens (tertiary/aromatic N) is 2. The van der Waals surface area contributed by atoms with Gasteiger partial charge in [-0.2, -0.15) is 0 Å². The lowest BCUT2D eigenvalue weighted by atomic mass is 9.87. The van der Waals surface area contributed by atoms with Crippen LogP contribution in [0.4, 0.5) is 0 Å². The number of rotatable bonds is 5. The van der Waals surface area contributed by atoms with Crippen molar-refractivity contribution >= 4 is 22.7 Å². The number of ether oxygens (including phenoxy) is 1. The number of pyridine rings is 1. The number of hydrogen-bond donors (Lipinski definition) is 1. The molecular weight excluding hydrogens is 318 g/mol. The maximum Gasteiger partial charge on any atom is 0.256 e. The molecule has 2 heterocycles. The minimum atomic E-state index is -0.513. The van der Waals surface area contributed by atoms with Gasteiger partial charge in [0, 0.05) is 38.2 Å². The fraction of sp³-hybridized carbons (Fsp3) is 0.421. The van der Waals surface area contributed by atoms with E-state index in [2.05, 4.69) is 4.98 Å². The van der Waals surface area contributed by atoms with Gasteiger partial charge in [0.2, 0.25) is 5.91 Å². The number of nitrogens with two attached hydrogens (primary N) is 1. The Bertz CT molecular complexity index is 787. The number of likely N-dealkylation sites (tertiary alicyclic amines) is 1. The van der Waals surface area contributed by atoms with Crippen molar-refractivity contribution in [2.24, 2.45) is 5.73 Å². The third-order valence-electron chi connectivity index (χ3n) is 4.95. The third kappa shape index (κ3) is 3.64. The Hall–Kier alpha value is -2.47. The summed E-state index contributed by atoms with van der Waals surface area (Å²) in [6, 6.07) is 9.43. The smallest absolute Gasteiger partial charge is 0.256 e. The highest BCUT2D eigenvalue weighted by atomic mass is 16.5. The maximum absolute atomic E-state index is 13.1. The van der Waals surface area contributed by atoms with Crippen LogP contribution < -0.4 is 5.73 Å². The van der Waals surface area contributed by atoms with Crippen molar-refractivity contribution in [3.05, 3.63) is 42.1 Å². The van der Waals surface area contributed by atoms with Crippen molar-refractivity contribution < 1.29 is 14.3 Å². The normalized spacial score (nSPS) is 20.6. The summed E-state index contributed by atoms with van der Waals surface area (Å²) in [5.41, 5.74) is 6.08. The quantitative estimate of drug-likeness (QED) is 0.902. The molecule has 6 nitrogen and oxygen atoms in total. The molecule has 6 heteroatoms. The Labute approximate surface area is 147 Å². The number of carbonyl (C=O) groups excluding carboxylic acids is 2. The van der Waals surface area contributed by atoms with Gasteiger partial charge in [-0.25, -0.2) is 0 Å². The molecule has 0 bridgehead atoms. The SMILES string of the molecule is COC1(CCC(N)=O)CCCN(C(=O)c2cccc3cccnc23)C1. The van der Waals surface area contributed by atoms with Crippen molar-refractivity contribution in [2.45, 2.75) is 31.3 Å². The van der Waals surface area contributed by atoms with E-state index in [0.29, 0.717) is 30.6 Å². The van der Waals surface area contributed by atoms with E-state index in [1.54, 1.807) is 18.2 Å². The van der Waals surface area contributed by atoms with Gasteiger partial charge >= 0.3 is 0 Å². The molecule has 1 unspecified atom stereocenters. The standard InChI is InChI=1S/C19H23N3O3/c1-25-19(10-8-16(20)23)9-4-12-22(13-19)18(24)15-7-2-5-14-6-3-11-21-17(14)15/h2-3,5-7,11H,4,8-10,12-13H2,1H3,(H2,20,23). The van der Waals surface area contributed by atoms with E-state index in [0.717, 1.165) is 18.2 Å². The highest BCUT2D eigenvalue weighted by Gasteiger charge is 2.37. The van der Waals surface area contributed by atoms with E-state index in [-0.39, 0.29) is 18.2 Å². The number of fused-ring (bicyclic) bond motifs is 1. The van der Waals surface area contributed by atoms with Crippen molar-refractivity contribution in [3.8, 4) is 0 Å². The largest absolute Gasteiger partial charge is 0.376 e. The van der Waals surface area contributed by atoms with E-state index in [4.69, 9.17) is 10.5 Å². The van der Waals surface area contributed by atoms with E-state index < -0.39 is 5.60 Å². The maximum atomic E-state index is 13.1. The average Bonchev–Trinajstić information content (AvgIpc) is 2.65. The lowest BCUT2D eigenvalue weighted by Gasteiger charge is -2.42. The van der Waals surface area contributed by atoms with Crippen LogP contribution in [0.5, 0.6) is 0 Å². The Morgan fingerprint density at radius 2 is 2.12 bits per heavy atom. The van der Waals surface area contributed by atoms with Crippen LogP contribution in [0.2, 0.25) is 0 Å². The van der Waals surface area contributed by atoms with Crippen LogP contribution in [-0.4, -0.2) is 47.5 Å². The first kappa shape index (κ1) is 17.4. The number of para-hydroxylation sites is 1. The molecule has 2 aromatic rings. The summed E-state index contributed by atoms with van der Waals surface area (Å²) >= 11 is 0. The van der Waals surface area contributed by atoms with Crippen LogP contribution >= 0.6 is 0 Å². The van der Waals surface area contributed by atoms with Gasteiger partial charge in [-0.05, 0) is 31.4 Å². The second kappa shape index (κ2) is 7.19. The number of benzene rings is 1. The van der Waals surface area contributed by atoms with E-state index in [1.807, 2.05) is 30.3 Å². The molecule has 0 spiro atoms. The molecule has 0 radical (unpaired) electrons. The number of piperidine rings is 1. The van der Waals surface area contributed by atoms with Gasteiger partial charge in [-0.3, -0.25) is 14.6 Å². The molecule has 1 aromatic heterocycles. The molecule has 1 atom stereocenters. The van der Waals surface area contributed by atoms with Crippen LogP contribution in [0.1, 0.15) is 36.0 Å². The van der Waals surface area contributed by atoms with Crippen LogP contribution in [-0.2, 0) is 9.53 Å². The topological polar surface area (TPSA) is 85.5 Å². The molecule has 0 saturated carbocycles. The molecule has 25 heavy (non-hydrogen) atoms. The average molecular weight is 341 g/mol. The molecule has 2 amide bonds. The van der Waals surface area contributed by atoms with Gasteiger partial charge in [0.15, 0.2) is 0 Å². The monoisotopic (exact) mass is 341 g/mol. The summed E-state index contributed by atoms with van der Waals surface area (Å²) in [5, 5.41) is 0.942. The van der Waals surface area contributed by atoms with E-state index in [1.165, 1.54) is 0 Å². The predicted molar refractivity (Wildman–Crippen MR) is 95.0 cm³/mol. The van der Waals surface area contributed by atoms with Crippen molar-refractivity contribution in [2.75, 3.05) is 20.2 Å². The van der Waals surface area contributed by atoms with Crippen molar-refractivity contribution in [3.63, 3.8) is 0 Å². The number of primary amides is 1. The molecule has 132 valence electrons. The molecule has 1 aliphatic heterocycles. The number of aromatic nitrogens is 1. The number of carbonyl (C=O) groups is 2. The first-order valence-corrected chi connectivity index (χ1v) is 8.51. The second-order valence-electron chi connectivity index (χ2n) is 6.56. The van der Waals surface area contributed by atoms with Crippen molar-refractivity contribution in [1.29, 1.82) is 0 Å². The number of methoxy groups -OCH3 is 1. The Morgan fingerprint density at radius 1 is 1.32 bits per heavy atom. The molecular formula is C19H23N3O3. The predicted octanol–water partition coefficient (Wildman–Crippen LogP) is 2.12. The summed E-state index contributed by atoms with van der Waals surface area (Å²) in [6.07, 6.45) is 4.12. The first-order chi connectivity index (χ1) is 12.0. The summed E-state index contributed by atoms with van der Waals surface area (Å²) in [7, 11) is 1.63. The van der Waals surface area contributed by atoms with Gasteiger partial charge in [0.25, 0.3) is 5.91 Å². The second-order valence-corrected chi connectivity index (χ2v) is 6.56. The molecule has 1 aliphatic rings. The molecule has 1 fully saturated rings. The highest BCUT2D eigenvalue weighted by Crippen LogP contribution is 2.30.